The number of hydrogen-bond acceptors (Lipinski definition) is 4. The topological polar surface area (TPSA) is 64.5 Å². The van der Waals surface area contributed by atoms with Crippen LogP contribution in [0.25, 0.3) is 0 Å². The van der Waals surface area contributed by atoms with Crippen LogP contribution in [0.15, 0.2) is 15.4 Å². The quantitative estimate of drug-likeness (QED) is 0.677. The van der Waals surface area contributed by atoms with Crippen LogP contribution in [0.2, 0.25) is 0 Å². The molecule has 2 rings (SSSR count). The molecule has 0 atom stereocenters. The molecule has 0 amide bonds. The highest BCUT2D eigenvalue weighted by Crippen LogP contribution is 2.36. The average Bonchev–Trinajstić information content (AvgIpc) is 2.56. The van der Waals surface area contributed by atoms with Gasteiger partial charge in [-0.15, -0.1) is 0 Å². The Kier molecular flexibility index (Phi) is 2.10. The van der Waals surface area contributed by atoms with Gasteiger partial charge in [-0.3, -0.25) is 4.98 Å². The molecule has 1 aliphatic rings. The molecule has 0 aromatic carbocycles. The van der Waals surface area contributed by atoms with Crippen molar-refractivity contribution < 1.29 is 13.7 Å². The smallest absolute Gasteiger partial charge is 0.417 e. The van der Waals surface area contributed by atoms with E-state index in [4.69, 9.17) is 13.7 Å². The highest BCUT2D eigenvalue weighted by atomic mass is 16.7. The van der Waals surface area contributed by atoms with Crippen LogP contribution in [0.3, 0.4) is 0 Å². The molecule has 1 saturated heterocycles. The number of rotatable bonds is 1. The maximum Gasteiger partial charge on any atom is 0.534 e. The van der Waals surface area contributed by atoms with Crippen molar-refractivity contribution in [1.82, 2.24) is 4.98 Å². The van der Waals surface area contributed by atoms with Crippen LogP contribution in [0, 0.1) is 0 Å². The molecule has 1 aromatic heterocycles. The Labute approximate surface area is 87.9 Å². The first-order valence-electron chi connectivity index (χ1n) is 4.86. The molecule has 1 aromatic rings. The van der Waals surface area contributed by atoms with Crippen molar-refractivity contribution >= 4 is 12.8 Å². The summed E-state index contributed by atoms with van der Waals surface area (Å²) in [6, 6.07) is 0. The molecule has 15 heavy (non-hydrogen) atoms. The van der Waals surface area contributed by atoms with Crippen molar-refractivity contribution in [3.8, 4) is 0 Å². The third-order valence-corrected chi connectivity index (χ3v) is 3.03. The number of hydrogen-bond donors (Lipinski definition) is 1. The van der Waals surface area contributed by atoms with Crippen molar-refractivity contribution in [2.75, 3.05) is 0 Å². The summed E-state index contributed by atoms with van der Waals surface area (Å²) >= 11 is 0. The van der Waals surface area contributed by atoms with Gasteiger partial charge in [0.25, 0.3) is 0 Å². The van der Waals surface area contributed by atoms with Gasteiger partial charge >= 0.3 is 12.9 Å². The second-order valence-corrected chi connectivity index (χ2v) is 4.67. The first kappa shape index (κ1) is 10.5. The van der Waals surface area contributed by atoms with E-state index >= 15 is 0 Å². The first-order valence-corrected chi connectivity index (χ1v) is 4.86. The lowest BCUT2D eigenvalue weighted by atomic mass is 9.87. The average molecular weight is 211 g/mol. The Morgan fingerprint density at radius 2 is 1.73 bits per heavy atom. The fourth-order valence-electron chi connectivity index (χ4n) is 1.37. The first-order chi connectivity index (χ1) is 6.82. The summed E-state index contributed by atoms with van der Waals surface area (Å²) in [7, 11) is -0.617. The minimum Gasteiger partial charge on any atom is -0.417 e. The molecular weight excluding hydrogens is 197 g/mol. The highest BCUT2D eigenvalue weighted by molar-refractivity contribution is 6.60. The third-order valence-electron chi connectivity index (χ3n) is 3.03. The predicted molar refractivity (Wildman–Crippen MR) is 55.0 cm³/mol. The van der Waals surface area contributed by atoms with Gasteiger partial charge in [-0.2, -0.15) is 0 Å². The van der Waals surface area contributed by atoms with Gasteiger partial charge < -0.3 is 13.7 Å². The molecule has 2 heterocycles. The van der Waals surface area contributed by atoms with E-state index in [-0.39, 0.29) is 0 Å². The number of oxazole rings is 1. The van der Waals surface area contributed by atoms with Crippen molar-refractivity contribution in [3.63, 3.8) is 0 Å². The summed E-state index contributed by atoms with van der Waals surface area (Å²) in [6.07, 6.45) is 1.46. The molecular formula is C9H14BNO4. The van der Waals surface area contributed by atoms with Crippen molar-refractivity contribution in [2.24, 2.45) is 0 Å². The zero-order chi connectivity index (χ0) is 11.3. The van der Waals surface area contributed by atoms with Crippen LogP contribution in [0.1, 0.15) is 27.7 Å². The Hall–Kier alpha value is -1.01. The third kappa shape index (κ3) is 1.64. The zero-order valence-corrected chi connectivity index (χ0v) is 9.29. The summed E-state index contributed by atoms with van der Waals surface area (Å²) < 4.78 is 16.3. The van der Waals surface area contributed by atoms with Gasteiger partial charge in [-0.1, -0.05) is 0 Å². The van der Waals surface area contributed by atoms with E-state index in [1.54, 1.807) is 0 Å². The van der Waals surface area contributed by atoms with Crippen LogP contribution in [0.4, 0.5) is 0 Å². The second-order valence-electron chi connectivity index (χ2n) is 4.67. The van der Waals surface area contributed by atoms with Crippen molar-refractivity contribution in [2.45, 2.75) is 38.9 Å². The number of H-pyrrole nitrogens is 1. The van der Waals surface area contributed by atoms with E-state index in [1.165, 1.54) is 6.20 Å². The van der Waals surface area contributed by atoms with E-state index in [1.807, 2.05) is 27.7 Å². The van der Waals surface area contributed by atoms with Gasteiger partial charge in [-0.25, -0.2) is 4.79 Å². The summed E-state index contributed by atoms with van der Waals surface area (Å²) in [6.45, 7) is 7.77. The minimum atomic E-state index is -0.617. The standard InChI is InChI=1S/C9H14BNO4/c1-8(2)9(3,4)15-10(14-8)6-5-11-7(12)13-6/h5H,1-4H3,(H,11,12). The van der Waals surface area contributed by atoms with Gasteiger partial charge in [0.2, 0.25) is 0 Å². The Bertz CT molecular complexity index is 404. The van der Waals surface area contributed by atoms with Crippen molar-refractivity contribution in [3.05, 3.63) is 16.7 Å². The maximum absolute atomic E-state index is 10.8. The molecule has 0 spiro atoms. The van der Waals surface area contributed by atoms with E-state index in [0.29, 0.717) is 5.66 Å². The molecule has 1 fully saturated rings. The fraction of sp³-hybridized carbons (Fsp3) is 0.667. The Balaban J connectivity index is 2.27. The molecule has 0 radical (unpaired) electrons. The van der Waals surface area contributed by atoms with Gasteiger partial charge in [0.15, 0.2) is 5.66 Å². The predicted octanol–water partition coefficient (Wildman–Crippen LogP) is 0.267. The van der Waals surface area contributed by atoms with Crippen LogP contribution >= 0.6 is 0 Å². The monoisotopic (exact) mass is 211 g/mol. The summed E-state index contributed by atoms with van der Waals surface area (Å²) in [5.74, 6) is -0.500. The van der Waals surface area contributed by atoms with E-state index in [9.17, 15) is 4.79 Å². The summed E-state index contributed by atoms with van der Waals surface area (Å²) in [5, 5.41) is 0. The van der Waals surface area contributed by atoms with Crippen LogP contribution in [-0.2, 0) is 9.31 Å². The normalized spacial score (nSPS) is 23.3. The summed E-state index contributed by atoms with van der Waals surface area (Å²) in [4.78, 5) is 13.3. The number of nitrogens with one attached hydrogen (secondary N) is 1. The van der Waals surface area contributed by atoms with E-state index < -0.39 is 24.1 Å². The van der Waals surface area contributed by atoms with Gasteiger partial charge in [0, 0.05) is 6.20 Å². The molecule has 82 valence electrons. The second kappa shape index (κ2) is 2.99. The number of aromatic nitrogens is 1. The van der Waals surface area contributed by atoms with Gasteiger partial charge in [0.05, 0.1) is 11.2 Å². The van der Waals surface area contributed by atoms with Gasteiger partial charge in [-0.05, 0) is 27.7 Å². The molecule has 0 unspecified atom stereocenters. The lowest BCUT2D eigenvalue weighted by Crippen LogP contribution is -2.41. The fourth-order valence-corrected chi connectivity index (χ4v) is 1.37. The van der Waals surface area contributed by atoms with Crippen LogP contribution in [0.5, 0.6) is 0 Å². The summed E-state index contributed by atoms with van der Waals surface area (Å²) in [5.41, 5.74) is -0.472. The minimum absolute atomic E-state index is 0.374. The molecule has 5 nitrogen and oxygen atoms in total. The van der Waals surface area contributed by atoms with Gasteiger partial charge in [0.1, 0.15) is 0 Å². The Morgan fingerprint density at radius 1 is 1.20 bits per heavy atom. The number of aromatic amines is 1. The molecule has 0 bridgehead atoms. The largest absolute Gasteiger partial charge is 0.534 e. The molecule has 1 aliphatic heterocycles. The molecule has 1 N–H and O–H groups in total. The van der Waals surface area contributed by atoms with Crippen LogP contribution < -0.4 is 11.4 Å². The lowest BCUT2D eigenvalue weighted by molar-refractivity contribution is 0.00578. The van der Waals surface area contributed by atoms with Crippen molar-refractivity contribution in [1.29, 1.82) is 0 Å². The Morgan fingerprint density at radius 3 is 2.13 bits per heavy atom. The van der Waals surface area contributed by atoms with E-state index in [0.717, 1.165) is 0 Å². The van der Waals surface area contributed by atoms with Crippen LogP contribution in [-0.4, -0.2) is 23.3 Å². The molecule has 0 saturated carbocycles. The maximum atomic E-state index is 10.8. The zero-order valence-electron chi connectivity index (χ0n) is 9.29. The molecule has 0 aliphatic carbocycles. The highest BCUT2D eigenvalue weighted by Gasteiger charge is 2.53. The SMILES string of the molecule is CC1(C)OB(c2c[nH]c(=O)o2)OC1(C)C. The van der Waals surface area contributed by atoms with E-state index in [2.05, 4.69) is 4.98 Å². The lowest BCUT2D eigenvalue weighted by Gasteiger charge is -2.32. The molecule has 6 heteroatoms.